The summed E-state index contributed by atoms with van der Waals surface area (Å²) in [5.41, 5.74) is -3.22. The predicted octanol–water partition coefficient (Wildman–Crippen LogP) is 3.91. The number of hydrogen-bond acceptors (Lipinski definition) is 11. The van der Waals surface area contributed by atoms with Crippen molar-refractivity contribution >= 4 is 23.9 Å². The van der Waals surface area contributed by atoms with Crippen LogP contribution in [0, 0.1) is 40.9 Å². The minimum Gasteiger partial charge on any atom is -0.459 e. The summed E-state index contributed by atoms with van der Waals surface area (Å²) in [6, 6.07) is 0. The highest BCUT2D eigenvalue weighted by Gasteiger charge is 2.62. The summed E-state index contributed by atoms with van der Waals surface area (Å²) < 4.78 is 23.7. The van der Waals surface area contributed by atoms with E-state index in [1.165, 1.54) is 6.92 Å². The zero-order valence-electron chi connectivity index (χ0n) is 29.3. The summed E-state index contributed by atoms with van der Waals surface area (Å²) in [6.45, 7) is 22.1. The summed E-state index contributed by atoms with van der Waals surface area (Å²) in [5.74, 6) is -7.14. The number of ether oxygens (including phenoxy) is 4. The van der Waals surface area contributed by atoms with Crippen LogP contribution in [0.5, 0.6) is 0 Å². The molecule has 1 unspecified atom stereocenters. The number of esters is 4. The van der Waals surface area contributed by atoms with E-state index in [-0.39, 0.29) is 12.0 Å². The third kappa shape index (κ3) is 8.58. The van der Waals surface area contributed by atoms with E-state index in [1.54, 1.807) is 81.4 Å². The SMILES string of the molecule is C=C1[C@H](OC(=O)C(C)C)[C@@H](OC(=O)C(C)CC)[C@@H](O)C(C)(C)/C=C/[C@H](C)[C@H](OC(C)=O)[C@@]2(O)C[C@H](C)[C@H](O)[C@@H]2[C@H]1OC(=O)C(C)C. The molecule has 0 aromatic carbocycles. The van der Waals surface area contributed by atoms with Crippen LogP contribution in [0.1, 0.15) is 89.0 Å². The molecule has 46 heavy (non-hydrogen) atoms. The lowest BCUT2D eigenvalue weighted by Gasteiger charge is -2.46. The summed E-state index contributed by atoms with van der Waals surface area (Å²) in [7, 11) is 0. The Hall–Kier alpha value is -2.76. The van der Waals surface area contributed by atoms with E-state index in [0.717, 1.165) is 0 Å². The fourth-order valence-corrected chi connectivity index (χ4v) is 6.16. The van der Waals surface area contributed by atoms with Crippen LogP contribution in [0.25, 0.3) is 0 Å². The molecule has 0 bridgehead atoms. The van der Waals surface area contributed by atoms with E-state index in [1.807, 2.05) is 0 Å². The molecular formula is C35H56O11. The first kappa shape index (κ1) is 39.4. The maximum atomic E-state index is 13.3. The zero-order chi connectivity index (χ0) is 35.5. The molecule has 11 heteroatoms. The summed E-state index contributed by atoms with van der Waals surface area (Å²) in [4.78, 5) is 52.2. The average molecular weight is 653 g/mol. The van der Waals surface area contributed by atoms with Gasteiger partial charge in [0.1, 0.15) is 23.9 Å². The third-order valence-corrected chi connectivity index (χ3v) is 9.39. The van der Waals surface area contributed by atoms with E-state index < -0.39 is 107 Å². The minimum atomic E-state index is -1.96. The lowest BCUT2D eigenvalue weighted by molar-refractivity contribution is -0.198. The van der Waals surface area contributed by atoms with E-state index in [4.69, 9.17) is 18.9 Å². The van der Waals surface area contributed by atoms with Crippen molar-refractivity contribution in [3.05, 3.63) is 24.3 Å². The highest BCUT2D eigenvalue weighted by molar-refractivity contribution is 5.74. The first-order valence-corrected chi connectivity index (χ1v) is 16.4. The van der Waals surface area contributed by atoms with E-state index in [0.29, 0.717) is 6.42 Å². The quantitative estimate of drug-likeness (QED) is 0.198. The Balaban J connectivity index is 3.03. The fourth-order valence-electron chi connectivity index (χ4n) is 6.16. The van der Waals surface area contributed by atoms with Gasteiger partial charge in [-0.25, -0.2) is 0 Å². The van der Waals surface area contributed by atoms with Gasteiger partial charge in [0.15, 0.2) is 12.2 Å². The Bertz CT molecular complexity index is 1160. The molecule has 262 valence electrons. The first-order chi connectivity index (χ1) is 21.1. The molecule has 11 atom stereocenters. The second kappa shape index (κ2) is 15.4. The molecule has 2 rings (SSSR count). The van der Waals surface area contributed by atoms with Gasteiger partial charge in [0.05, 0.1) is 29.8 Å². The van der Waals surface area contributed by atoms with Crippen molar-refractivity contribution in [3.63, 3.8) is 0 Å². The highest BCUT2D eigenvalue weighted by Crippen LogP contribution is 2.50. The van der Waals surface area contributed by atoms with Gasteiger partial charge in [-0.05, 0) is 18.8 Å². The third-order valence-electron chi connectivity index (χ3n) is 9.39. The molecule has 1 fully saturated rings. The minimum absolute atomic E-state index is 0.0349. The maximum Gasteiger partial charge on any atom is 0.309 e. The normalized spacial score (nSPS) is 36.1. The van der Waals surface area contributed by atoms with Crippen LogP contribution in [-0.2, 0) is 38.1 Å². The molecule has 0 saturated heterocycles. The van der Waals surface area contributed by atoms with Gasteiger partial charge < -0.3 is 34.3 Å². The van der Waals surface area contributed by atoms with Crippen LogP contribution in [-0.4, -0.2) is 81.4 Å². The van der Waals surface area contributed by atoms with Gasteiger partial charge >= 0.3 is 23.9 Å². The van der Waals surface area contributed by atoms with Crippen molar-refractivity contribution in [1.29, 1.82) is 0 Å². The van der Waals surface area contributed by atoms with Crippen LogP contribution in [0.3, 0.4) is 0 Å². The molecule has 0 aliphatic heterocycles. The summed E-state index contributed by atoms with van der Waals surface area (Å²) in [6.07, 6.45) is -4.91. The number of carbonyl (C=O) groups is 4. The van der Waals surface area contributed by atoms with E-state index >= 15 is 0 Å². The van der Waals surface area contributed by atoms with Crippen molar-refractivity contribution in [1.82, 2.24) is 0 Å². The average Bonchev–Trinajstić information content (AvgIpc) is 3.20. The van der Waals surface area contributed by atoms with Crippen LogP contribution < -0.4 is 0 Å². The molecule has 0 radical (unpaired) electrons. The van der Waals surface area contributed by atoms with Crippen LogP contribution >= 0.6 is 0 Å². The number of hydrogen-bond donors (Lipinski definition) is 3. The molecule has 0 amide bonds. The molecule has 0 aromatic heterocycles. The number of fused-ring (bicyclic) bond motifs is 1. The number of rotatable bonds is 8. The number of aliphatic hydroxyl groups excluding tert-OH is 2. The molecule has 0 aromatic rings. The topological polar surface area (TPSA) is 166 Å². The van der Waals surface area contributed by atoms with Gasteiger partial charge in [0.25, 0.3) is 0 Å². The van der Waals surface area contributed by atoms with Gasteiger partial charge in [-0.2, -0.15) is 0 Å². The van der Waals surface area contributed by atoms with Crippen molar-refractivity contribution in [2.24, 2.45) is 40.9 Å². The Labute approximate surface area is 273 Å². The number of carbonyl (C=O) groups excluding carboxylic acids is 4. The molecule has 1 saturated carbocycles. The van der Waals surface area contributed by atoms with Gasteiger partial charge in [-0.1, -0.05) is 88.0 Å². The Morgan fingerprint density at radius 2 is 1.43 bits per heavy atom. The standard InChI is InChI=1S/C35H56O11/c1-13-19(6)33(41)46-28-27(45-32(40)18(4)5)22(9)26(44-31(39)17(2)3)24-25(37)21(8)16-35(24,42)30(43-23(10)36)20(7)14-15-34(11,12)29(28)38/h14-15,17-21,24-30,37-38,42H,9,13,16H2,1-8,10-12H3/b15-14+/t19?,20-,21-,24+,25-,26-,27-,28+,29+,30-,35+/m0/s1. The molecule has 2 aliphatic carbocycles. The van der Waals surface area contributed by atoms with Crippen LogP contribution in [0.2, 0.25) is 0 Å². The van der Waals surface area contributed by atoms with Gasteiger partial charge in [-0.15, -0.1) is 0 Å². The van der Waals surface area contributed by atoms with Gasteiger partial charge in [0.2, 0.25) is 0 Å². The Morgan fingerprint density at radius 3 is 1.91 bits per heavy atom. The molecular weight excluding hydrogens is 596 g/mol. The van der Waals surface area contributed by atoms with Gasteiger partial charge in [0, 0.05) is 23.8 Å². The Kier molecular flexibility index (Phi) is 13.2. The van der Waals surface area contributed by atoms with Crippen molar-refractivity contribution in [2.75, 3.05) is 0 Å². The molecule has 0 heterocycles. The van der Waals surface area contributed by atoms with Gasteiger partial charge in [-0.3, -0.25) is 19.2 Å². The molecule has 3 N–H and O–H groups in total. The van der Waals surface area contributed by atoms with Crippen LogP contribution in [0.4, 0.5) is 0 Å². The van der Waals surface area contributed by atoms with Crippen molar-refractivity contribution in [2.45, 2.75) is 131 Å². The summed E-state index contributed by atoms with van der Waals surface area (Å²) >= 11 is 0. The fraction of sp³-hybridized carbons (Fsp3) is 0.771. The Morgan fingerprint density at radius 1 is 0.913 bits per heavy atom. The zero-order valence-corrected chi connectivity index (χ0v) is 29.3. The smallest absolute Gasteiger partial charge is 0.309 e. The van der Waals surface area contributed by atoms with Crippen molar-refractivity contribution in [3.8, 4) is 0 Å². The van der Waals surface area contributed by atoms with E-state index in [2.05, 4.69) is 6.58 Å². The van der Waals surface area contributed by atoms with Crippen molar-refractivity contribution < 1.29 is 53.4 Å². The first-order valence-electron chi connectivity index (χ1n) is 16.4. The maximum absolute atomic E-state index is 13.3. The van der Waals surface area contributed by atoms with Crippen LogP contribution in [0.15, 0.2) is 24.3 Å². The lowest BCUT2D eigenvalue weighted by atomic mass is 9.71. The number of aliphatic hydroxyl groups is 3. The highest BCUT2D eigenvalue weighted by atomic mass is 16.6. The largest absolute Gasteiger partial charge is 0.459 e. The second-order valence-electron chi connectivity index (χ2n) is 14.5. The molecule has 0 spiro atoms. The van der Waals surface area contributed by atoms with E-state index in [9.17, 15) is 34.5 Å². The predicted molar refractivity (Wildman–Crippen MR) is 170 cm³/mol. The second-order valence-corrected chi connectivity index (χ2v) is 14.5. The molecule has 2 aliphatic rings. The molecule has 11 nitrogen and oxygen atoms in total. The monoisotopic (exact) mass is 652 g/mol. The summed E-state index contributed by atoms with van der Waals surface area (Å²) in [5, 5.41) is 36.2. The lowest BCUT2D eigenvalue weighted by Crippen LogP contribution is -2.59.